The van der Waals surface area contributed by atoms with Crippen LogP contribution in [0.25, 0.3) is 0 Å². The molecule has 0 radical (unpaired) electrons. The summed E-state index contributed by atoms with van der Waals surface area (Å²) in [4.78, 5) is 24.9. The summed E-state index contributed by atoms with van der Waals surface area (Å²) in [5.41, 5.74) is 2.32. The van der Waals surface area contributed by atoms with E-state index in [1.165, 1.54) is 12.5 Å². The number of nitrogens with zero attached hydrogens (tertiary/aromatic N) is 1. The van der Waals surface area contributed by atoms with Gasteiger partial charge in [0.1, 0.15) is 5.92 Å². The molecule has 0 saturated heterocycles. The molecule has 1 fully saturated rings. The summed E-state index contributed by atoms with van der Waals surface area (Å²) < 4.78 is 0. The summed E-state index contributed by atoms with van der Waals surface area (Å²) in [6.45, 7) is 4.06. The van der Waals surface area contributed by atoms with Crippen LogP contribution in [-0.2, 0) is 22.6 Å². The molecule has 1 amide bonds. The fourth-order valence-electron chi connectivity index (χ4n) is 2.20. The van der Waals surface area contributed by atoms with E-state index in [-0.39, 0.29) is 11.9 Å². The van der Waals surface area contributed by atoms with Gasteiger partial charge in [-0.2, -0.15) is 0 Å². The summed E-state index contributed by atoms with van der Waals surface area (Å²) in [5, 5.41) is 8.99. The molecule has 1 unspecified atom stereocenters. The van der Waals surface area contributed by atoms with Gasteiger partial charge in [-0.3, -0.25) is 9.59 Å². The van der Waals surface area contributed by atoms with Crippen molar-refractivity contribution < 1.29 is 14.7 Å². The van der Waals surface area contributed by atoms with Crippen molar-refractivity contribution in [1.29, 1.82) is 0 Å². The van der Waals surface area contributed by atoms with Gasteiger partial charge in [0.25, 0.3) is 0 Å². The predicted molar refractivity (Wildman–Crippen MR) is 76.2 cm³/mol. The smallest absolute Gasteiger partial charge is 0.315 e. The zero-order valence-electron chi connectivity index (χ0n) is 12.0. The van der Waals surface area contributed by atoms with Crippen molar-refractivity contribution in [2.24, 2.45) is 5.92 Å². The van der Waals surface area contributed by atoms with Gasteiger partial charge >= 0.3 is 5.97 Å². The molecule has 1 saturated carbocycles. The fourth-order valence-corrected chi connectivity index (χ4v) is 2.20. The highest BCUT2D eigenvalue weighted by Gasteiger charge is 2.36. The minimum Gasteiger partial charge on any atom is -0.481 e. The van der Waals surface area contributed by atoms with Gasteiger partial charge in [0.15, 0.2) is 0 Å². The highest BCUT2D eigenvalue weighted by molar-refractivity contribution is 5.96. The van der Waals surface area contributed by atoms with E-state index in [4.69, 9.17) is 5.11 Å². The molecule has 1 N–H and O–H groups in total. The lowest BCUT2D eigenvalue weighted by atomic mass is 10.1. The third kappa shape index (κ3) is 3.38. The summed E-state index contributed by atoms with van der Waals surface area (Å²) in [6, 6.07) is 8.38. The highest BCUT2D eigenvalue weighted by Crippen LogP contribution is 2.29. The van der Waals surface area contributed by atoms with Crippen molar-refractivity contribution in [3.05, 3.63) is 35.4 Å². The molecular formula is C16H21NO3. The van der Waals surface area contributed by atoms with Crippen LogP contribution in [0.5, 0.6) is 0 Å². The van der Waals surface area contributed by atoms with Gasteiger partial charge in [-0.05, 0) is 37.3 Å². The molecule has 0 heterocycles. The second kappa shape index (κ2) is 6.07. The van der Waals surface area contributed by atoms with E-state index in [0.29, 0.717) is 6.54 Å². The minimum atomic E-state index is -1.05. The summed E-state index contributed by atoms with van der Waals surface area (Å²) >= 11 is 0. The lowest BCUT2D eigenvalue weighted by molar-refractivity contribution is -0.150. The Morgan fingerprint density at radius 3 is 2.25 bits per heavy atom. The number of amides is 1. The molecule has 1 aromatic rings. The van der Waals surface area contributed by atoms with E-state index >= 15 is 0 Å². The molecule has 4 heteroatoms. The van der Waals surface area contributed by atoms with Crippen LogP contribution in [0.3, 0.4) is 0 Å². The van der Waals surface area contributed by atoms with Crippen LogP contribution in [0.2, 0.25) is 0 Å². The van der Waals surface area contributed by atoms with Gasteiger partial charge in [-0.1, -0.05) is 31.2 Å². The molecule has 4 nitrogen and oxygen atoms in total. The van der Waals surface area contributed by atoms with Crippen molar-refractivity contribution in [2.75, 3.05) is 0 Å². The van der Waals surface area contributed by atoms with Crippen LogP contribution in [0, 0.1) is 5.92 Å². The summed E-state index contributed by atoms with van der Waals surface area (Å²) in [5.74, 6) is -2.30. The van der Waals surface area contributed by atoms with Gasteiger partial charge < -0.3 is 10.0 Å². The molecular weight excluding hydrogens is 254 g/mol. The third-order valence-corrected chi connectivity index (χ3v) is 3.80. The Morgan fingerprint density at radius 1 is 1.25 bits per heavy atom. The van der Waals surface area contributed by atoms with E-state index < -0.39 is 11.9 Å². The van der Waals surface area contributed by atoms with E-state index in [9.17, 15) is 9.59 Å². The molecule has 1 aliphatic carbocycles. The number of carboxylic acid groups (broad SMARTS) is 1. The number of rotatable bonds is 6. The van der Waals surface area contributed by atoms with E-state index in [0.717, 1.165) is 24.8 Å². The first-order valence-electron chi connectivity index (χ1n) is 7.14. The average Bonchev–Trinajstić information content (AvgIpc) is 3.28. The minimum absolute atomic E-state index is 0.218. The maximum Gasteiger partial charge on any atom is 0.315 e. The average molecular weight is 275 g/mol. The quantitative estimate of drug-likeness (QED) is 0.811. The second-order valence-electron chi connectivity index (χ2n) is 5.43. The number of benzene rings is 1. The molecule has 0 bridgehead atoms. The van der Waals surface area contributed by atoms with Crippen molar-refractivity contribution in [2.45, 2.75) is 45.7 Å². The van der Waals surface area contributed by atoms with Crippen molar-refractivity contribution in [1.82, 2.24) is 4.90 Å². The number of hydrogen-bond acceptors (Lipinski definition) is 2. The van der Waals surface area contributed by atoms with Crippen LogP contribution in [0.1, 0.15) is 37.8 Å². The number of carbonyl (C=O) groups is 2. The summed E-state index contributed by atoms with van der Waals surface area (Å²) in [6.07, 6.45) is 2.94. The molecule has 0 aliphatic heterocycles. The third-order valence-electron chi connectivity index (χ3n) is 3.80. The SMILES string of the molecule is CCc1ccc(CN(C(=O)C(C)C(=O)O)C2CC2)cc1. The number of aliphatic carboxylic acids is 1. The van der Waals surface area contributed by atoms with Gasteiger partial charge in [-0.15, -0.1) is 0 Å². The molecule has 0 spiro atoms. The molecule has 0 aromatic heterocycles. The summed E-state index contributed by atoms with van der Waals surface area (Å²) in [7, 11) is 0. The van der Waals surface area contributed by atoms with Gasteiger partial charge in [-0.25, -0.2) is 0 Å². The monoisotopic (exact) mass is 275 g/mol. The molecule has 20 heavy (non-hydrogen) atoms. The Morgan fingerprint density at radius 2 is 1.80 bits per heavy atom. The molecule has 1 aliphatic rings. The number of carboxylic acids is 1. The van der Waals surface area contributed by atoms with Crippen LogP contribution < -0.4 is 0 Å². The Bertz CT molecular complexity index is 491. The van der Waals surface area contributed by atoms with Crippen LogP contribution in [-0.4, -0.2) is 27.9 Å². The molecule has 108 valence electrons. The molecule has 2 rings (SSSR count). The Labute approximate surface area is 119 Å². The van der Waals surface area contributed by atoms with E-state index in [1.54, 1.807) is 4.90 Å². The van der Waals surface area contributed by atoms with Gasteiger partial charge in [0, 0.05) is 12.6 Å². The topological polar surface area (TPSA) is 57.6 Å². The Hall–Kier alpha value is -1.84. The van der Waals surface area contributed by atoms with Crippen molar-refractivity contribution in [3.63, 3.8) is 0 Å². The Balaban J connectivity index is 2.09. The largest absolute Gasteiger partial charge is 0.481 e. The zero-order chi connectivity index (χ0) is 14.7. The maximum absolute atomic E-state index is 12.2. The van der Waals surface area contributed by atoms with Crippen LogP contribution in [0.4, 0.5) is 0 Å². The second-order valence-corrected chi connectivity index (χ2v) is 5.43. The first kappa shape index (κ1) is 14.6. The van der Waals surface area contributed by atoms with Gasteiger partial charge in [0.05, 0.1) is 0 Å². The maximum atomic E-state index is 12.2. The normalized spacial score (nSPS) is 15.7. The van der Waals surface area contributed by atoms with Crippen molar-refractivity contribution >= 4 is 11.9 Å². The standard InChI is InChI=1S/C16H21NO3/c1-3-12-4-6-13(7-5-12)10-17(14-8-9-14)15(18)11(2)16(19)20/h4-7,11,14H,3,8-10H2,1-2H3,(H,19,20). The first-order valence-corrected chi connectivity index (χ1v) is 7.14. The first-order chi connectivity index (χ1) is 9.52. The highest BCUT2D eigenvalue weighted by atomic mass is 16.4. The predicted octanol–water partition coefficient (Wildman–Crippen LogP) is 2.46. The number of carbonyl (C=O) groups excluding carboxylic acids is 1. The fraction of sp³-hybridized carbons (Fsp3) is 0.500. The van der Waals surface area contributed by atoms with E-state index in [2.05, 4.69) is 19.1 Å². The van der Waals surface area contributed by atoms with Gasteiger partial charge in [0.2, 0.25) is 5.91 Å². The van der Waals surface area contributed by atoms with Crippen molar-refractivity contribution in [3.8, 4) is 0 Å². The zero-order valence-corrected chi connectivity index (χ0v) is 12.0. The number of aryl methyl sites for hydroxylation is 1. The van der Waals surface area contributed by atoms with Crippen LogP contribution >= 0.6 is 0 Å². The van der Waals surface area contributed by atoms with E-state index in [1.807, 2.05) is 12.1 Å². The molecule has 1 atom stereocenters. The van der Waals surface area contributed by atoms with Crippen LogP contribution in [0.15, 0.2) is 24.3 Å². The number of hydrogen-bond donors (Lipinski definition) is 1. The molecule has 1 aromatic carbocycles. The Kier molecular flexibility index (Phi) is 4.42. The lowest BCUT2D eigenvalue weighted by Crippen LogP contribution is -2.39. The lowest BCUT2D eigenvalue weighted by Gasteiger charge is -2.24.